The van der Waals surface area contributed by atoms with Gasteiger partial charge in [0.1, 0.15) is 0 Å². The molecule has 92 valence electrons. The quantitative estimate of drug-likeness (QED) is 0.838. The van der Waals surface area contributed by atoms with E-state index in [2.05, 4.69) is 5.32 Å². The van der Waals surface area contributed by atoms with Crippen LogP contribution in [0.3, 0.4) is 0 Å². The molecule has 0 aliphatic heterocycles. The lowest BCUT2D eigenvalue weighted by Gasteiger charge is -2.41. The van der Waals surface area contributed by atoms with E-state index >= 15 is 0 Å². The van der Waals surface area contributed by atoms with Gasteiger partial charge >= 0.3 is 0 Å². The number of carbonyl (C=O) groups is 1. The van der Waals surface area contributed by atoms with Crippen LogP contribution in [0.5, 0.6) is 0 Å². The molecule has 1 aliphatic carbocycles. The van der Waals surface area contributed by atoms with Crippen molar-refractivity contribution in [1.29, 1.82) is 0 Å². The third-order valence-corrected chi connectivity index (χ3v) is 3.98. The average Bonchev–Trinajstić information content (AvgIpc) is 2.21. The van der Waals surface area contributed by atoms with E-state index in [1.54, 1.807) is 6.07 Å². The lowest BCUT2D eigenvalue weighted by molar-refractivity contribution is 0.0854. The van der Waals surface area contributed by atoms with Gasteiger partial charge in [0.15, 0.2) is 0 Å². The summed E-state index contributed by atoms with van der Waals surface area (Å²) in [7, 11) is 0. The van der Waals surface area contributed by atoms with Crippen molar-refractivity contribution in [3.63, 3.8) is 0 Å². The molecule has 1 aromatic rings. The van der Waals surface area contributed by atoms with E-state index in [1.165, 1.54) is 0 Å². The van der Waals surface area contributed by atoms with Gasteiger partial charge in [0.2, 0.25) is 0 Å². The first-order chi connectivity index (χ1) is 8.04. The van der Waals surface area contributed by atoms with Crippen molar-refractivity contribution < 1.29 is 4.79 Å². The molecule has 0 aromatic heterocycles. The van der Waals surface area contributed by atoms with Gasteiger partial charge in [0.05, 0.1) is 5.54 Å². The van der Waals surface area contributed by atoms with Crippen molar-refractivity contribution in [1.82, 2.24) is 5.32 Å². The number of amides is 1. The number of halogens is 2. The average molecular weight is 272 g/mol. The second-order valence-electron chi connectivity index (χ2n) is 4.74. The lowest BCUT2D eigenvalue weighted by atomic mass is 9.78. The Labute approximate surface area is 111 Å². The molecule has 2 rings (SSSR count). The van der Waals surface area contributed by atoms with Crippen LogP contribution in [0.15, 0.2) is 18.2 Å². The van der Waals surface area contributed by atoms with E-state index in [1.807, 2.05) is 19.1 Å². The van der Waals surface area contributed by atoms with Gasteiger partial charge in [0.25, 0.3) is 5.91 Å². The molecule has 1 aromatic carbocycles. The van der Waals surface area contributed by atoms with Crippen LogP contribution in [-0.4, -0.2) is 17.3 Å². The fourth-order valence-electron chi connectivity index (χ4n) is 2.08. The van der Waals surface area contributed by atoms with Crippen LogP contribution in [-0.2, 0) is 0 Å². The molecule has 0 saturated heterocycles. The van der Waals surface area contributed by atoms with Crippen LogP contribution in [0.1, 0.15) is 35.2 Å². The monoisotopic (exact) mass is 271 g/mol. The number of benzene rings is 1. The van der Waals surface area contributed by atoms with Crippen LogP contribution in [0.2, 0.25) is 5.02 Å². The number of aryl methyl sites for hydroxylation is 1. The number of alkyl halides is 1. The highest BCUT2D eigenvalue weighted by atomic mass is 35.5. The Morgan fingerprint density at radius 3 is 2.59 bits per heavy atom. The molecular formula is C13H15Cl2NO. The fraction of sp³-hybridized carbons (Fsp3) is 0.462. The second kappa shape index (κ2) is 4.87. The summed E-state index contributed by atoms with van der Waals surface area (Å²) in [6, 6.07) is 5.35. The molecule has 1 fully saturated rings. The molecule has 0 unspecified atom stereocenters. The van der Waals surface area contributed by atoms with Crippen molar-refractivity contribution in [3.05, 3.63) is 34.3 Å². The van der Waals surface area contributed by atoms with E-state index in [9.17, 15) is 4.79 Å². The van der Waals surface area contributed by atoms with Crippen molar-refractivity contribution in [3.8, 4) is 0 Å². The van der Waals surface area contributed by atoms with E-state index in [0.29, 0.717) is 16.5 Å². The molecule has 1 saturated carbocycles. The van der Waals surface area contributed by atoms with Gasteiger partial charge in [-0.25, -0.2) is 0 Å². The Kier molecular flexibility index (Phi) is 3.64. The largest absolute Gasteiger partial charge is 0.345 e. The third kappa shape index (κ3) is 2.75. The van der Waals surface area contributed by atoms with Crippen molar-refractivity contribution in [2.24, 2.45) is 0 Å². The fourth-order valence-corrected chi connectivity index (χ4v) is 2.70. The third-order valence-electron chi connectivity index (χ3n) is 3.25. The molecular weight excluding hydrogens is 257 g/mol. The van der Waals surface area contributed by atoms with Gasteiger partial charge in [-0.15, -0.1) is 11.6 Å². The Balaban J connectivity index is 2.14. The van der Waals surface area contributed by atoms with Crippen LogP contribution in [0, 0.1) is 6.92 Å². The number of nitrogens with one attached hydrogen (secondary N) is 1. The highest BCUT2D eigenvalue weighted by Gasteiger charge is 2.37. The van der Waals surface area contributed by atoms with Gasteiger partial charge in [-0.3, -0.25) is 4.79 Å². The summed E-state index contributed by atoms with van der Waals surface area (Å²) in [5, 5.41) is 3.61. The Bertz CT molecular complexity index is 415. The van der Waals surface area contributed by atoms with Gasteiger partial charge in [-0.1, -0.05) is 11.6 Å². The van der Waals surface area contributed by atoms with Gasteiger partial charge in [-0.2, -0.15) is 0 Å². The SMILES string of the molecule is Cc1cc(Cl)cc(C(=O)NC2(CCl)CCC2)c1. The van der Waals surface area contributed by atoms with Crippen molar-refractivity contribution in [2.45, 2.75) is 31.7 Å². The summed E-state index contributed by atoms with van der Waals surface area (Å²) in [6.07, 6.45) is 3.05. The first-order valence-corrected chi connectivity index (χ1v) is 6.62. The summed E-state index contributed by atoms with van der Waals surface area (Å²) < 4.78 is 0. The summed E-state index contributed by atoms with van der Waals surface area (Å²) in [6.45, 7) is 1.92. The molecule has 0 bridgehead atoms. The van der Waals surface area contributed by atoms with Crippen LogP contribution < -0.4 is 5.32 Å². The molecule has 0 spiro atoms. The molecule has 0 atom stereocenters. The van der Waals surface area contributed by atoms with E-state index in [0.717, 1.165) is 24.8 Å². The minimum absolute atomic E-state index is 0.0871. The molecule has 0 radical (unpaired) electrons. The highest BCUT2D eigenvalue weighted by Crippen LogP contribution is 2.33. The van der Waals surface area contributed by atoms with E-state index in [-0.39, 0.29) is 11.4 Å². The summed E-state index contributed by atoms with van der Waals surface area (Å²) in [5.74, 6) is 0.383. The first kappa shape index (κ1) is 12.7. The summed E-state index contributed by atoms with van der Waals surface area (Å²) in [4.78, 5) is 12.1. The summed E-state index contributed by atoms with van der Waals surface area (Å²) in [5.41, 5.74) is 1.39. The Morgan fingerprint density at radius 1 is 1.41 bits per heavy atom. The Morgan fingerprint density at radius 2 is 2.12 bits per heavy atom. The van der Waals surface area contributed by atoms with Crippen LogP contribution >= 0.6 is 23.2 Å². The number of hydrogen-bond donors (Lipinski definition) is 1. The zero-order valence-corrected chi connectivity index (χ0v) is 11.2. The predicted octanol–water partition coefficient (Wildman–Crippen LogP) is 3.54. The predicted molar refractivity (Wildman–Crippen MR) is 71.0 cm³/mol. The molecule has 0 heterocycles. The maximum Gasteiger partial charge on any atom is 0.251 e. The minimum Gasteiger partial charge on any atom is -0.345 e. The number of hydrogen-bond acceptors (Lipinski definition) is 1. The number of carbonyl (C=O) groups excluding carboxylic acids is 1. The Hall–Kier alpha value is -0.730. The normalized spacial score (nSPS) is 17.4. The molecule has 17 heavy (non-hydrogen) atoms. The summed E-state index contributed by atoms with van der Waals surface area (Å²) >= 11 is 11.9. The zero-order chi connectivity index (χ0) is 12.5. The smallest absolute Gasteiger partial charge is 0.251 e. The van der Waals surface area contributed by atoms with Gasteiger partial charge < -0.3 is 5.32 Å². The molecule has 1 amide bonds. The highest BCUT2D eigenvalue weighted by molar-refractivity contribution is 6.31. The molecule has 1 aliphatic rings. The van der Waals surface area contributed by atoms with Crippen molar-refractivity contribution >= 4 is 29.1 Å². The second-order valence-corrected chi connectivity index (χ2v) is 5.44. The standard InChI is InChI=1S/C13H15Cl2NO/c1-9-5-10(7-11(15)6-9)12(17)16-13(8-14)3-2-4-13/h5-7H,2-4,8H2,1H3,(H,16,17). The van der Waals surface area contributed by atoms with Gasteiger partial charge in [-0.05, 0) is 49.9 Å². The van der Waals surface area contributed by atoms with Gasteiger partial charge in [0, 0.05) is 16.5 Å². The maximum atomic E-state index is 12.1. The van der Waals surface area contributed by atoms with Crippen LogP contribution in [0.4, 0.5) is 0 Å². The zero-order valence-electron chi connectivity index (χ0n) is 9.72. The van der Waals surface area contributed by atoms with E-state index in [4.69, 9.17) is 23.2 Å². The first-order valence-electron chi connectivity index (χ1n) is 5.70. The molecule has 4 heteroatoms. The molecule has 1 N–H and O–H groups in total. The lowest BCUT2D eigenvalue weighted by Crippen LogP contribution is -2.55. The maximum absolute atomic E-state index is 12.1. The van der Waals surface area contributed by atoms with E-state index < -0.39 is 0 Å². The topological polar surface area (TPSA) is 29.1 Å². The van der Waals surface area contributed by atoms with Crippen molar-refractivity contribution in [2.75, 3.05) is 5.88 Å². The minimum atomic E-state index is -0.200. The number of rotatable bonds is 3. The van der Waals surface area contributed by atoms with Crippen LogP contribution in [0.25, 0.3) is 0 Å². The molecule has 2 nitrogen and oxygen atoms in total.